The van der Waals surface area contributed by atoms with Gasteiger partial charge in [-0.3, -0.25) is 4.90 Å². The molecule has 1 saturated carbocycles. The molecule has 3 heteroatoms. The fourth-order valence-corrected chi connectivity index (χ4v) is 4.18. The first-order valence-electron chi connectivity index (χ1n) is 8.61. The number of nitrogens with one attached hydrogen (secondary N) is 1. The van der Waals surface area contributed by atoms with Crippen molar-refractivity contribution in [3.8, 4) is 0 Å². The first-order valence-corrected chi connectivity index (χ1v) is 8.61. The summed E-state index contributed by atoms with van der Waals surface area (Å²) in [5, 5.41) is 3.80. The molecule has 0 aromatic heterocycles. The van der Waals surface area contributed by atoms with Gasteiger partial charge in [0.1, 0.15) is 0 Å². The first-order chi connectivity index (χ1) is 9.59. The van der Waals surface area contributed by atoms with E-state index >= 15 is 0 Å². The van der Waals surface area contributed by atoms with Gasteiger partial charge >= 0.3 is 0 Å². The van der Waals surface area contributed by atoms with E-state index in [0.29, 0.717) is 35.6 Å². The predicted octanol–water partition coefficient (Wildman–Crippen LogP) is 3.14. The van der Waals surface area contributed by atoms with Crippen LogP contribution in [0.1, 0.15) is 54.9 Å². The summed E-state index contributed by atoms with van der Waals surface area (Å²) in [6, 6.07) is 1.87. The summed E-state index contributed by atoms with van der Waals surface area (Å²) in [5.41, 5.74) is 0.580. The molecule has 1 heterocycles. The van der Waals surface area contributed by atoms with Gasteiger partial charge in [0.2, 0.25) is 0 Å². The van der Waals surface area contributed by atoms with Gasteiger partial charge in [0.15, 0.2) is 0 Å². The Hall–Kier alpha value is -0.120. The summed E-state index contributed by atoms with van der Waals surface area (Å²) in [4.78, 5) is 2.80. The van der Waals surface area contributed by atoms with Gasteiger partial charge in [-0.2, -0.15) is 0 Å². The maximum Gasteiger partial charge on any atom is 0.0652 e. The lowest BCUT2D eigenvalue weighted by Crippen LogP contribution is -2.71. The largest absolute Gasteiger partial charge is 0.381 e. The van der Waals surface area contributed by atoms with Crippen LogP contribution in [0.3, 0.4) is 0 Å². The number of hydrogen-bond acceptors (Lipinski definition) is 3. The zero-order chi connectivity index (χ0) is 16.0. The van der Waals surface area contributed by atoms with E-state index in [1.54, 1.807) is 0 Å². The quantitative estimate of drug-likeness (QED) is 0.866. The Morgan fingerprint density at radius 2 is 1.86 bits per heavy atom. The van der Waals surface area contributed by atoms with Crippen LogP contribution in [0.4, 0.5) is 0 Å². The third-order valence-corrected chi connectivity index (χ3v) is 6.02. The minimum absolute atomic E-state index is 0.266. The molecular formula is C18H36N2O. The monoisotopic (exact) mass is 296 g/mol. The van der Waals surface area contributed by atoms with Crippen molar-refractivity contribution >= 4 is 0 Å². The van der Waals surface area contributed by atoms with Crippen LogP contribution >= 0.6 is 0 Å². The van der Waals surface area contributed by atoms with E-state index in [4.69, 9.17) is 4.74 Å². The molecule has 21 heavy (non-hydrogen) atoms. The van der Waals surface area contributed by atoms with Gasteiger partial charge in [-0.15, -0.1) is 0 Å². The fraction of sp³-hybridized carbons (Fsp3) is 1.00. The zero-order valence-corrected chi connectivity index (χ0v) is 15.4. The minimum Gasteiger partial charge on any atom is -0.381 e. The number of methoxy groups -OCH3 is 1. The first kappa shape index (κ1) is 17.2. The predicted molar refractivity (Wildman–Crippen MR) is 89.6 cm³/mol. The van der Waals surface area contributed by atoms with Crippen molar-refractivity contribution in [2.45, 2.75) is 79.1 Å². The number of ether oxygens (including phenoxy) is 1. The van der Waals surface area contributed by atoms with Crippen LogP contribution in [0.5, 0.6) is 0 Å². The molecule has 2 fully saturated rings. The molecule has 0 amide bonds. The van der Waals surface area contributed by atoms with Crippen molar-refractivity contribution in [3.63, 3.8) is 0 Å². The Morgan fingerprint density at radius 1 is 1.24 bits per heavy atom. The highest BCUT2D eigenvalue weighted by Crippen LogP contribution is 2.47. The Kier molecular flexibility index (Phi) is 4.78. The van der Waals surface area contributed by atoms with E-state index in [2.05, 4.69) is 58.7 Å². The lowest BCUT2D eigenvalue weighted by Gasteiger charge is -2.60. The molecule has 0 aromatic carbocycles. The summed E-state index contributed by atoms with van der Waals surface area (Å²) in [6.07, 6.45) is 1.60. The summed E-state index contributed by atoms with van der Waals surface area (Å²) in [7, 11) is 1.86. The molecule has 1 aliphatic carbocycles. The molecule has 2 aliphatic rings. The summed E-state index contributed by atoms with van der Waals surface area (Å²) < 4.78 is 5.67. The number of hydrogen-bond donors (Lipinski definition) is 1. The van der Waals surface area contributed by atoms with E-state index in [-0.39, 0.29) is 5.41 Å². The smallest absolute Gasteiger partial charge is 0.0652 e. The maximum atomic E-state index is 5.67. The Bertz CT molecular complexity index is 359. The molecule has 0 aromatic rings. The van der Waals surface area contributed by atoms with E-state index in [1.165, 1.54) is 6.42 Å². The third-order valence-electron chi connectivity index (χ3n) is 6.02. The Balaban J connectivity index is 2.16. The topological polar surface area (TPSA) is 24.5 Å². The van der Waals surface area contributed by atoms with Crippen molar-refractivity contribution in [1.82, 2.24) is 10.2 Å². The van der Waals surface area contributed by atoms with Crippen molar-refractivity contribution in [2.75, 3.05) is 20.2 Å². The third kappa shape index (κ3) is 3.16. The van der Waals surface area contributed by atoms with Crippen molar-refractivity contribution in [1.29, 1.82) is 0 Å². The molecule has 1 N–H and O–H groups in total. The van der Waals surface area contributed by atoms with Crippen LogP contribution in [0.2, 0.25) is 0 Å². The zero-order valence-electron chi connectivity index (χ0n) is 15.4. The molecule has 4 unspecified atom stereocenters. The Morgan fingerprint density at radius 3 is 2.29 bits per heavy atom. The second kappa shape index (κ2) is 5.82. The van der Waals surface area contributed by atoms with Crippen LogP contribution in [-0.2, 0) is 4.74 Å². The maximum absolute atomic E-state index is 5.67. The van der Waals surface area contributed by atoms with Gasteiger partial charge in [-0.1, -0.05) is 48.5 Å². The van der Waals surface area contributed by atoms with Crippen molar-refractivity contribution in [2.24, 2.45) is 16.7 Å². The molecule has 1 saturated heterocycles. The van der Waals surface area contributed by atoms with Crippen LogP contribution in [0, 0.1) is 16.7 Å². The molecule has 1 aliphatic heterocycles. The number of rotatable bonds is 3. The molecule has 124 valence electrons. The summed E-state index contributed by atoms with van der Waals surface area (Å²) in [5.74, 6) is 0.691. The van der Waals surface area contributed by atoms with E-state index < -0.39 is 0 Å². The molecule has 4 atom stereocenters. The standard InChI is InChI=1S/C18H36N2O/c1-12(2)13-10-19-14(17(3,4)5)11-20(13)15-9-16(21-8)18(15,6)7/h12-16,19H,9-11H2,1-8H3. The van der Waals surface area contributed by atoms with E-state index in [0.717, 1.165) is 13.1 Å². The molecule has 0 spiro atoms. The van der Waals surface area contributed by atoms with Crippen LogP contribution < -0.4 is 5.32 Å². The summed E-state index contributed by atoms with van der Waals surface area (Å²) >= 11 is 0. The summed E-state index contributed by atoms with van der Waals surface area (Å²) in [6.45, 7) is 18.8. The van der Waals surface area contributed by atoms with Gasteiger partial charge in [0, 0.05) is 43.7 Å². The SMILES string of the molecule is COC1CC(N2CC(C(C)(C)C)NCC2C(C)C)C1(C)C. The van der Waals surface area contributed by atoms with Crippen LogP contribution in [0.25, 0.3) is 0 Å². The van der Waals surface area contributed by atoms with Crippen LogP contribution in [0.15, 0.2) is 0 Å². The van der Waals surface area contributed by atoms with Gasteiger partial charge in [-0.05, 0) is 17.8 Å². The second-order valence-corrected chi connectivity index (χ2v) is 9.13. The normalized spacial score (nSPS) is 37.6. The average molecular weight is 296 g/mol. The fourth-order valence-electron chi connectivity index (χ4n) is 4.18. The number of piperazine rings is 1. The molecular weight excluding hydrogens is 260 g/mol. The Labute approximate surface area is 131 Å². The highest BCUT2D eigenvalue weighted by atomic mass is 16.5. The number of nitrogens with zero attached hydrogens (tertiary/aromatic N) is 1. The molecule has 2 rings (SSSR count). The van der Waals surface area contributed by atoms with Crippen LogP contribution in [-0.4, -0.2) is 49.3 Å². The molecule has 0 radical (unpaired) electrons. The van der Waals surface area contributed by atoms with Crippen molar-refractivity contribution in [3.05, 3.63) is 0 Å². The minimum atomic E-state index is 0.266. The highest BCUT2D eigenvalue weighted by Gasteiger charge is 2.54. The van der Waals surface area contributed by atoms with E-state index in [1.807, 2.05) is 7.11 Å². The van der Waals surface area contributed by atoms with Gasteiger partial charge in [0.05, 0.1) is 6.10 Å². The highest BCUT2D eigenvalue weighted by molar-refractivity contribution is 5.07. The van der Waals surface area contributed by atoms with Gasteiger partial charge < -0.3 is 10.1 Å². The van der Waals surface area contributed by atoms with Crippen molar-refractivity contribution < 1.29 is 4.74 Å². The molecule has 3 nitrogen and oxygen atoms in total. The lowest BCUT2D eigenvalue weighted by atomic mass is 9.62. The lowest BCUT2D eigenvalue weighted by molar-refractivity contribution is -0.159. The average Bonchev–Trinajstić information content (AvgIpc) is 2.36. The van der Waals surface area contributed by atoms with E-state index in [9.17, 15) is 0 Å². The molecule has 0 bridgehead atoms. The van der Waals surface area contributed by atoms with Gasteiger partial charge in [-0.25, -0.2) is 0 Å². The van der Waals surface area contributed by atoms with Gasteiger partial charge in [0.25, 0.3) is 0 Å². The second-order valence-electron chi connectivity index (χ2n) is 9.13.